The third-order valence-corrected chi connectivity index (χ3v) is 5.40. The fraction of sp³-hybridized carbons (Fsp3) is 0.190. The highest BCUT2D eigenvalue weighted by atomic mass is 35.5. The number of aromatic nitrogens is 1. The van der Waals surface area contributed by atoms with Crippen LogP contribution in [0.4, 0.5) is 4.79 Å². The van der Waals surface area contributed by atoms with E-state index in [-0.39, 0.29) is 12.5 Å². The first-order chi connectivity index (χ1) is 12.9. The molecule has 0 aliphatic carbocycles. The second-order valence-electron chi connectivity index (χ2n) is 6.91. The first kappa shape index (κ1) is 17.5. The molecule has 3 aromatic rings. The summed E-state index contributed by atoms with van der Waals surface area (Å²) in [5, 5.41) is 4.21. The number of carbonyl (C=O) groups excluding carboxylic acids is 2. The van der Waals surface area contributed by atoms with Crippen molar-refractivity contribution in [2.24, 2.45) is 0 Å². The Balaban J connectivity index is 1.72. The van der Waals surface area contributed by atoms with Gasteiger partial charge in [0, 0.05) is 22.2 Å². The van der Waals surface area contributed by atoms with E-state index in [4.69, 9.17) is 11.6 Å². The number of aryl methyl sites for hydroxylation is 1. The average Bonchev–Trinajstić information content (AvgIpc) is 2.88. The zero-order valence-electron chi connectivity index (χ0n) is 15.0. The van der Waals surface area contributed by atoms with Crippen molar-refractivity contribution in [3.63, 3.8) is 0 Å². The molecule has 1 aromatic heterocycles. The minimum absolute atomic E-state index is 0.0688. The van der Waals surface area contributed by atoms with Gasteiger partial charge in [0.2, 0.25) is 0 Å². The molecular weight excluding hydrogens is 362 g/mol. The first-order valence-electron chi connectivity index (χ1n) is 8.63. The van der Waals surface area contributed by atoms with Gasteiger partial charge in [0.1, 0.15) is 5.54 Å². The van der Waals surface area contributed by atoms with Crippen molar-refractivity contribution in [3.8, 4) is 0 Å². The van der Waals surface area contributed by atoms with Crippen molar-refractivity contribution in [2.75, 3.05) is 0 Å². The first-order valence-corrected chi connectivity index (χ1v) is 9.01. The summed E-state index contributed by atoms with van der Waals surface area (Å²) < 4.78 is 0. The number of hydrogen-bond acceptors (Lipinski definition) is 3. The maximum absolute atomic E-state index is 13.2. The van der Waals surface area contributed by atoms with Crippen molar-refractivity contribution >= 4 is 34.4 Å². The molecule has 1 saturated heterocycles. The van der Waals surface area contributed by atoms with E-state index >= 15 is 0 Å². The summed E-state index contributed by atoms with van der Waals surface area (Å²) in [6.45, 7) is 3.77. The van der Waals surface area contributed by atoms with Gasteiger partial charge in [-0.05, 0) is 31.5 Å². The summed E-state index contributed by atoms with van der Waals surface area (Å²) in [5.74, 6) is -0.305. The minimum atomic E-state index is -1.10. The van der Waals surface area contributed by atoms with Crippen LogP contribution >= 0.6 is 11.6 Å². The van der Waals surface area contributed by atoms with Crippen LogP contribution in [0.15, 0.2) is 54.7 Å². The fourth-order valence-electron chi connectivity index (χ4n) is 3.41. The van der Waals surface area contributed by atoms with Crippen LogP contribution in [-0.4, -0.2) is 21.8 Å². The number of hydrogen-bond donors (Lipinski definition) is 1. The average molecular weight is 380 g/mol. The quantitative estimate of drug-likeness (QED) is 0.695. The predicted octanol–water partition coefficient (Wildman–Crippen LogP) is 4.16. The van der Waals surface area contributed by atoms with E-state index in [1.54, 1.807) is 19.2 Å². The minimum Gasteiger partial charge on any atom is -0.319 e. The summed E-state index contributed by atoms with van der Waals surface area (Å²) in [6.07, 6.45) is 1.67. The van der Waals surface area contributed by atoms with Crippen LogP contribution in [0.2, 0.25) is 5.02 Å². The van der Waals surface area contributed by atoms with Crippen LogP contribution in [-0.2, 0) is 16.9 Å². The molecule has 0 saturated carbocycles. The molecule has 1 atom stereocenters. The Kier molecular flexibility index (Phi) is 4.12. The lowest BCUT2D eigenvalue weighted by Crippen LogP contribution is -2.40. The molecular formula is C21H18ClN3O2. The molecule has 6 heteroatoms. The topological polar surface area (TPSA) is 62.3 Å². The van der Waals surface area contributed by atoms with Gasteiger partial charge in [-0.25, -0.2) is 4.79 Å². The molecule has 136 valence electrons. The Morgan fingerprint density at radius 1 is 1.11 bits per heavy atom. The highest BCUT2D eigenvalue weighted by Gasteiger charge is 2.49. The smallest absolute Gasteiger partial charge is 0.319 e. The van der Waals surface area contributed by atoms with Crippen LogP contribution < -0.4 is 5.32 Å². The Morgan fingerprint density at radius 3 is 2.59 bits per heavy atom. The number of carbonyl (C=O) groups is 2. The molecule has 1 aliphatic rings. The number of nitrogens with zero attached hydrogens (tertiary/aromatic N) is 2. The van der Waals surface area contributed by atoms with E-state index in [0.29, 0.717) is 16.1 Å². The molecule has 27 heavy (non-hydrogen) atoms. The maximum Gasteiger partial charge on any atom is 0.325 e. The molecule has 2 heterocycles. The van der Waals surface area contributed by atoms with Gasteiger partial charge in [-0.3, -0.25) is 14.7 Å². The van der Waals surface area contributed by atoms with Crippen molar-refractivity contribution in [2.45, 2.75) is 25.9 Å². The van der Waals surface area contributed by atoms with E-state index in [0.717, 1.165) is 16.5 Å². The normalized spacial score (nSPS) is 19.6. The summed E-state index contributed by atoms with van der Waals surface area (Å²) in [6, 6.07) is 14.5. The van der Waals surface area contributed by atoms with Crippen LogP contribution in [0.5, 0.6) is 0 Å². The van der Waals surface area contributed by atoms with Crippen molar-refractivity contribution < 1.29 is 9.59 Å². The zero-order valence-corrected chi connectivity index (χ0v) is 15.7. The van der Waals surface area contributed by atoms with Crippen molar-refractivity contribution in [1.82, 2.24) is 15.2 Å². The summed E-state index contributed by atoms with van der Waals surface area (Å²) in [7, 11) is 0. The Labute approximate surface area is 162 Å². The summed E-state index contributed by atoms with van der Waals surface area (Å²) >= 11 is 6.37. The Hall–Kier alpha value is -2.92. The van der Waals surface area contributed by atoms with Gasteiger partial charge in [0.05, 0.1) is 12.1 Å². The SMILES string of the molecule is Cc1ccc(C2(C)NC(=O)N(Cc3c(Cl)ccc4cccnc34)C2=O)cc1. The van der Waals surface area contributed by atoms with Gasteiger partial charge in [-0.1, -0.05) is 53.6 Å². The van der Waals surface area contributed by atoms with Gasteiger partial charge in [-0.2, -0.15) is 0 Å². The number of pyridine rings is 1. The van der Waals surface area contributed by atoms with Crippen molar-refractivity contribution in [1.29, 1.82) is 0 Å². The second kappa shape index (κ2) is 6.35. The lowest BCUT2D eigenvalue weighted by Gasteiger charge is -2.22. The van der Waals surface area contributed by atoms with Crippen LogP contribution in [0.1, 0.15) is 23.6 Å². The van der Waals surface area contributed by atoms with Gasteiger partial charge in [0.15, 0.2) is 0 Å². The number of rotatable bonds is 3. The lowest BCUT2D eigenvalue weighted by atomic mass is 9.91. The zero-order chi connectivity index (χ0) is 19.2. The van der Waals surface area contributed by atoms with E-state index in [1.807, 2.05) is 49.4 Å². The molecule has 1 fully saturated rings. The molecule has 1 unspecified atom stereocenters. The van der Waals surface area contributed by atoms with Gasteiger partial charge in [0.25, 0.3) is 5.91 Å². The molecule has 1 N–H and O–H groups in total. The molecule has 2 aromatic carbocycles. The number of urea groups is 1. The summed E-state index contributed by atoms with van der Waals surface area (Å²) in [5.41, 5.74) is 2.08. The highest BCUT2D eigenvalue weighted by molar-refractivity contribution is 6.32. The Bertz CT molecular complexity index is 1060. The fourth-order valence-corrected chi connectivity index (χ4v) is 3.62. The number of nitrogens with one attached hydrogen (secondary N) is 1. The van der Waals surface area contributed by atoms with Gasteiger partial charge >= 0.3 is 6.03 Å². The van der Waals surface area contributed by atoms with E-state index in [1.165, 1.54) is 4.90 Å². The van der Waals surface area contributed by atoms with Crippen LogP contribution in [0, 0.1) is 6.92 Å². The number of benzene rings is 2. The van der Waals surface area contributed by atoms with Gasteiger partial charge < -0.3 is 5.32 Å². The lowest BCUT2D eigenvalue weighted by molar-refractivity contribution is -0.131. The second-order valence-corrected chi connectivity index (χ2v) is 7.32. The van der Waals surface area contributed by atoms with E-state index in [9.17, 15) is 9.59 Å². The van der Waals surface area contributed by atoms with Crippen molar-refractivity contribution in [3.05, 3.63) is 76.4 Å². The molecule has 0 bridgehead atoms. The van der Waals surface area contributed by atoms with Crippen LogP contribution in [0.25, 0.3) is 10.9 Å². The summed E-state index contributed by atoms with van der Waals surface area (Å²) in [4.78, 5) is 31.4. The number of imide groups is 1. The van der Waals surface area contributed by atoms with E-state index in [2.05, 4.69) is 10.3 Å². The molecule has 3 amide bonds. The monoisotopic (exact) mass is 379 g/mol. The number of halogens is 1. The Morgan fingerprint density at radius 2 is 1.85 bits per heavy atom. The predicted molar refractivity (Wildman–Crippen MR) is 104 cm³/mol. The molecule has 5 nitrogen and oxygen atoms in total. The standard InChI is InChI=1S/C21H18ClN3O2/c1-13-5-8-15(9-6-13)21(2)19(26)25(20(27)24-21)12-16-17(22)10-7-14-4-3-11-23-18(14)16/h3-11H,12H2,1-2H3,(H,24,27). The molecule has 1 aliphatic heterocycles. The molecule has 0 radical (unpaired) electrons. The van der Waals surface area contributed by atoms with E-state index < -0.39 is 11.6 Å². The third kappa shape index (κ3) is 2.84. The number of fused-ring (bicyclic) bond motifs is 1. The number of amides is 3. The molecule has 4 rings (SSSR count). The third-order valence-electron chi connectivity index (χ3n) is 5.04. The maximum atomic E-state index is 13.2. The van der Waals surface area contributed by atoms with Crippen LogP contribution in [0.3, 0.4) is 0 Å². The largest absolute Gasteiger partial charge is 0.325 e. The van der Waals surface area contributed by atoms with Gasteiger partial charge in [-0.15, -0.1) is 0 Å². The molecule has 0 spiro atoms. The highest BCUT2D eigenvalue weighted by Crippen LogP contribution is 2.32.